The topological polar surface area (TPSA) is 513 Å². The standard InChI is InChI=1S/C30H41N15O21P4/c1-42-11-43(24-16(42)26(49)41-30(33)39-24)4-3-5-59-68(52,53)65-70(56,57)66-69(54,55)61-7-13-19(20(58-2)28(63-13)44-9-36-14-21(31)34-8-35-22(14)44)64-67(50,51)60-6-12-17(46)18(47)27(62-12)45-10-37-15-23(45)38-29(32)40-25(15)48/h8-13,17-20,27-28,46-47H,3-7H2,1-2H3,(H11-,31,32,33,34,35,38,39,40,41,48,49,50,51,52,53,54,55,56,57)/p+1. The van der Waals surface area contributed by atoms with Crippen LogP contribution in [0.25, 0.3) is 33.5 Å². The Morgan fingerprint density at radius 2 is 1.36 bits per heavy atom. The van der Waals surface area contributed by atoms with Gasteiger partial charge in [0.2, 0.25) is 11.5 Å². The number of phosphoric acid groups is 4. The fourth-order valence-electron chi connectivity index (χ4n) is 7.46. The molecular formula is C30H42N15O21P4+. The van der Waals surface area contributed by atoms with Crippen LogP contribution in [-0.4, -0.2) is 147 Å². The van der Waals surface area contributed by atoms with E-state index >= 15 is 0 Å². The molecule has 36 nitrogen and oxygen atoms in total. The Balaban J connectivity index is 0.928. The maximum Gasteiger partial charge on any atom is 0.490 e. The van der Waals surface area contributed by atoms with Gasteiger partial charge in [-0.1, -0.05) is 4.98 Å². The number of anilines is 3. The average molecular weight is 1070 g/mol. The minimum atomic E-state index is -6.03. The lowest BCUT2D eigenvalue weighted by atomic mass is 10.1. The summed E-state index contributed by atoms with van der Waals surface area (Å²) < 4.78 is 103. The molecule has 0 radical (unpaired) electrons. The van der Waals surface area contributed by atoms with Gasteiger partial charge in [-0.2, -0.15) is 13.6 Å². The largest absolute Gasteiger partial charge is 0.490 e. The summed E-state index contributed by atoms with van der Waals surface area (Å²) in [5, 5.41) is 21.7. The number of imidazole rings is 3. The van der Waals surface area contributed by atoms with Crippen molar-refractivity contribution in [2.75, 3.05) is 44.1 Å². The highest BCUT2D eigenvalue weighted by Gasteiger charge is 2.53. The number of H-pyrrole nitrogens is 2. The third-order valence-electron chi connectivity index (χ3n) is 10.4. The van der Waals surface area contributed by atoms with Gasteiger partial charge in [0.1, 0.15) is 48.5 Å². The van der Waals surface area contributed by atoms with Gasteiger partial charge < -0.3 is 61.2 Å². The molecule has 0 bridgehead atoms. The van der Waals surface area contributed by atoms with Crippen LogP contribution in [0.2, 0.25) is 0 Å². The molecule has 8 heterocycles. The average Bonchev–Trinajstić information content (AvgIpc) is 4.07. The first kappa shape index (κ1) is 51.3. The summed E-state index contributed by atoms with van der Waals surface area (Å²) in [7, 11) is -20.1. The Labute approximate surface area is 388 Å². The van der Waals surface area contributed by atoms with Crippen molar-refractivity contribution >= 4 is 82.5 Å². The number of nitrogens with one attached hydrogen (secondary N) is 2. The van der Waals surface area contributed by atoms with Crippen molar-refractivity contribution < 1.29 is 93.5 Å². The molecule has 12 unspecified atom stereocenters. The van der Waals surface area contributed by atoms with Crippen LogP contribution in [0.15, 0.2) is 34.9 Å². The van der Waals surface area contributed by atoms with Crippen LogP contribution < -0.4 is 32.9 Å². The van der Waals surface area contributed by atoms with E-state index in [9.17, 15) is 57.6 Å². The number of ether oxygens (including phenoxy) is 3. The van der Waals surface area contributed by atoms with E-state index in [0.29, 0.717) is 0 Å². The third kappa shape index (κ3) is 10.8. The number of hydrogen-bond donors (Lipinski definition) is 11. The van der Waals surface area contributed by atoms with Crippen molar-refractivity contribution in [1.29, 1.82) is 0 Å². The molecule has 40 heteroatoms. The fourth-order valence-corrected chi connectivity index (χ4v) is 12.0. The monoisotopic (exact) mass is 1070 g/mol. The van der Waals surface area contributed by atoms with Gasteiger partial charge in [-0.05, 0) is 0 Å². The van der Waals surface area contributed by atoms with Gasteiger partial charge in [-0.25, -0.2) is 42.8 Å². The first-order valence-electron chi connectivity index (χ1n) is 19.8. The molecule has 6 aromatic rings. The second kappa shape index (κ2) is 19.5. The van der Waals surface area contributed by atoms with Gasteiger partial charge in [0.15, 0.2) is 41.4 Å². The molecule has 6 aromatic heterocycles. The van der Waals surface area contributed by atoms with E-state index in [1.807, 2.05) is 0 Å². The van der Waals surface area contributed by atoms with Crippen molar-refractivity contribution in [2.45, 2.75) is 62.0 Å². The minimum absolute atomic E-state index is 0.0165. The normalized spacial score (nSPS) is 26.4. The van der Waals surface area contributed by atoms with Gasteiger partial charge in [-0.15, -0.1) is 0 Å². The molecule has 0 saturated carbocycles. The van der Waals surface area contributed by atoms with Gasteiger partial charge in [0, 0.05) is 13.5 Å². The van der Waals surface area contributed by atoms with Crippen molar-refractivity contribution in [3.8, 4) is 0 Å². The SMILES string of the molecule is COC1C(OP(=O)(O)OCC2OC(n3cnc4c(=O)[nH]c(N)nc43)C(O)C2O)C(COP(=O)(O)OP(=O)(O)OP(=O)(O)OCCC[n+]2cn(C)c3c(=O)[nH]c(N)nc32)OC1n1cnc2c(N)ncnc21. The molecule has 382 valence electrons. The molecule has 2 saturated heterocycles. The number of hydrogen-bond acceptors (Lipinski definition) is 26. The molecule has 0 amide bonds. The Bertz CT molecular complexity index is 3260. The van der Waals surface area contributed by atoms with Crippen LogP contribution in [0, 0.1) is 0 Å². The number of phosphoric ester groups is 3. The van der Waals surface area contributed by atoms with Crippen LogP contribution in [0.5, 0.6) is 0 Å². The summed E-state index contributed by atoms with van der Waals surface area (Å²) in [5.74, 6) is -0.544. The number of nitrogen functional groups attached to an aromatic ring is 3. The van der Waals surface area contributed by atoms with E-state index in [0.717, 1.165) is 24.3 Å². The van der Waals surface area contributed by atoms with Crippen molar-refractivity contribution in [2.24, 2.45) is 7.05 Å². The molecule has 0 spiro atoms. The summed E-state index contributed by atoms with van der Waals surface area (Å²) in [4.78, 5) is 95.2. The van der Waals surface area contributed by atoms with Crippen LogP contribution in [0.3, 0.4) is 0 Å². The maximum atomic E-state index is 13.6. The summed E-state index contributed by atoms with van der Waals surface area (Å²) in [5.41, 5.74) is 16.1. The Morgan fingerprint density at radius 3 is 2.07 bits per heavy atom. The van der Waals surface area contributed by atoms with Crippen LogP contribution >= 0.6 is 31.3 Å². The molecule has 70 heavy (non-hydrogen) atoms. The molecule has 0 aliphatic carbocycles. The van der Waals surface area contributed by atoms with Gasteiger partial charge in [-0.3, -0.25) is 51.4 Å². The smallest absolute Gasteiger partial charge is 0.387 e. The lowest BCUT2D eigenvalue weighted by molar-refractivity contribution is -0.674. The van der Waals surface area contributed by atoms with Gasteiger partial charge in [0.05, 0.1) is 46.1 Å². The first-order valence-corrected chi connectivity index (χ1v) is 25.8. The lowest BCUT2D eigenvalue weighted by Crippen LogP contribution is -2.38. The Kier molecular flexibility index (Phi) is 14.3. The summed E-state index contributed by atoms with van der Waals surface area (Å²) in [6.45, 7) is -2.76. The van der Waals surface area contributed by atoms with Gasteiger partial charge in [0.25, 0.3) is 17.1 Å². The molecular weight excluding hydrogens is 1030 g/mol. The minimum Gasteiger partial charge on any atom is -0.387 e. The molecule has 14 N–H and O–H groups in total. The van der Waals surface area contributed by atoms with Crippen LogP contribution in [-0.2, 0) is 72.8 Å². The highest BCUT2D eigenvalue weighted by atomic mass is 31.3. The number of nitrogens with zero attached hydrogens (tertiary/aromatic N) is 10. The van der Waals surface area contributed by atoms with Crippen LogP contribution in [0.1, 0.15) is 18.9 Å². The Morgan fingerprint density at radius 1 is 0.743 bits per heavy atom. The van der Waals surface area contributed by atoms with E-state index in [2.05, 4.69) is 48.5 Å². The number of methoxy groups -OCH3 is 1. The molecule has 2 aliphatic heterocycles. The molecule has 12 atom stereocenters. The molecule has 2 fully saturated rings. The van der Waals surface area contributed by atoms with E-state index in [1.165, 1.54) is 26.4 Å². The number of rotatable bonds is 20. The number of fused-ring (bicyclic) bond motifs is 3. The van der Waals surface area contributed by atoms with E-state index in [4.69, 9.17) is 49.5 Å². The van der Waals surface area contributed by atoms with E-state index in [-0.39, 0.29) is 64.2 Å². The summed E-state index contributed by atoms with van der Waals surface area (Å²) in [6, 6.07) is 0. The quantitative estimate of drug-likeness (QED) is 0.0207. The van der Waals surface area contributed by atoms with Crippen molar-refractivity contribution in [1.82, 2.24) is 53.6 Å². The van der Waals surface area contributed by atoms with Crippen molar-refractivity contribution in [3.63, 3.8) is 0 Å². The Hall–Kier alpha value is -5.03. The van der Waals surface area contributed by atoms with E-state index < -0.39 is 111 Å². The van der Waals surface area contributed by atoms with Crippen molar-refractivity contribution in [3.05, 3.63) is 46.0 Å². The first-order chi connectivity index (χ1) is 32.9. The maximum absolute atomic E-state index is 13.6. The molecule has 2 aliphatic rings. The van der Waals surface area contributed by atoms with Crippen LogP contribution in [0.4, 0.5) is 17.7 Å². The third-order valence-corrected chi connectivity index (χ3v) is 15.7. The fraction of sp³-hybridized carbons (Fsp3) is 0.500. The number of aromatic nitrogens is 12. The zero-order valence-electron chi connectivity index (χ0n) is 35.8. The molecule has 8 rings (SSSR count). The highest BCUT2D eigenvalue weighted by Crippen LogP contribution is 2.68. The predicted octanol–water partition coefficient (Wildman–Crippen LogP) is -2.94. The highest BCUT2D eigenvalue weighted by molar-refractivity contribution is 7.66. The lowest BCUT2D eigenvalue weighted by Gasteiger charge is -2.26. The molecule has 0 aromatic carbocycles. The second-order valence-corrected chi connectivity index (χ2v) is 21.1. The number of aliphatic hydroxyl groups excluding tert-OH is 2. The number of aliphatic hydroxyl groups is 2. The summed E-state index contributed by atoms with van der Waals surface area (Å²) >= 11 is 0. The zero-order chi connectivity index (χ0) is 50.7. The van der Waals surface area contributed by atoms with E-state index in [1.54, 1.807) is 7.05 Å². The predicted molar refractivity (Wildman–Crippen MR) is 228 cm³/mol. The number of aromatic amines is 2. The second-order valence-electron chi connectivity index (χ2n) is 15.1. The zero-order valence-corrected chi connectivity index (χ0v) is 39.3. The number of nitrogens with two attached hydrogens (primary N) is 3. The number of aryl methyl sites for hydroxylation is 2. The summed E-state index contributed by atoms with van der Waals surface area (Å²) in [6.07, 6.45) is -8.43. The van der Waals surface area contributed by atoms with Gasteiger partial charge >= 0.3 is 36.9 Å².